The van der Waals surface area contributed by atoms with Crippen molar-refractivity contribution in [2.24, 2.45) is 0 Å². The predicted molar refractivity (Wildman–Crippen MR) is 64.3 cm³/mol. The number of thiophene rings is 1. The van der Waals surface area contributed by atoms with Crippen molar-refractivity contribution in [2.45, 2.75) is 32.2 Å². The van der Waals surface area contributed by atoms with E-state index in [1.54, 1.807) is 11.3 Å². The first kappa shape index (κ1) is 10.8. The van der Waals surface area contributed by atoms with Gasteiger partial charge in [0, 0.05) is 4.88 Å². The Bertz CT molecular complexity index is 619. The van der Waals surface area contributed by atoms with Crippen LogP contribution in [0.3, 0.4) is 0 Å². The zero-order chi connectivity index (χ0) is 11.8. The average Bonchev–Trinajstić information content (AvgIpc) is 2.72. The Hall–Kier alpha value is -1.30. The molecule has 1 aliphatic carbocycles. The van der Waals surface area contributed by atoms with Gasteiger partial charge in [-0.2, -0.15) is 0 Å². The van der Waals surface area contributed by atoms with Crippen LogP contribution in [0.15, 0.2) is 4.79 Å². The number of aryl methyl sites for hydroxylation is 3. The molecule has 0 unspecified atom stereocenters. The topological polar surface area (TPSA) is 47.8 Å². The molecule has 0 aromatic carbocycles. The molecule has 4 nitrogen and oxygen atoms in total. The Morgan fingerprint density at radius 2 is 2.18 bits per heavy atom. The lowest BCUT2D eigenvalue weighted by molar-refractivity contribution is 0.410. The molecule has 0 saturated heterocycles. The Morgan fingerprint density at radius 1 is 1.35 bits per heavy atom. The van der Waals surface area contributed by atoms with E-state index >= 15 is 0 Å². The van der Waals surface area contributed by atoms with Crippen molar-refractivity contribution in [3.63, 3.8) is 0 Å². The molecule has 0 amide bonds. The van der Waals surface area contributed by atoms with Gasteiger partial charge in [-0.3, -0.25) is 4.79 Å². The maximum Gasteiger partial charge on any atom is 0.278 e. The third-order valence-electron chi connectivity index (χ3n) is 3.14. The minimum Gasteiger partial charge on any atom is -0.267 e. The van der Waals surface area contributed by atoms with Crippen molar-refractivity contribution in [1.82, 2.24) is 15.0 Å². The summed E-state index contributed by atoms with van der Waals surface area (Å²) < 4.78 is 13.4. The van der Waals surface area contributed by atoms with E-state index in [1.165, 1.54) is 11.3 Å². The van der Waals surface area contributed by atoms with E-state index in [-0.39, 0.29) is 12.1 Å². The SMILES string of the molecule is O=c1c2c3c(sc2nnn1CCF)CCCC3. The van der Waals surface area contributed by atoms with E-state index in [0.717, 1.165) is 29.5 Å². The van der Waals surface area contributed by atoms with Gasteiger partial charge in [-0.05, 0) is 31.2 Å². The van der Waals surface area contributed by atoms with Crippen LogP contribution in [0, 0.1) is 0 Å². The van der Waals surface area contributed by atoms with Crippen LogP contribution in [0.1, 0.15) is 23.3 Å². The smallest absolute Gasteiger partial charge is 0.267 e. The minimum absolute atomic E-state index is 0.00755. The highest BCUT2D eigenvalue weighted by molar-refractivity contribution is 7.18. The predicted octanol–water partition coefficient (Wildman–Crippen LogP) is 1.70. The van der Waals surface area contributed by atoms with Crippen molar-refractivity contribution >= 4 is 21.6 Å². The first-order valence-corrected chi connectivity index (χ1v) is 6.57. The lowest BCUT2D eigenvalue weighted by Gasteiger charge is -2.09. The van der Waals surface area contributed by atoms with E-state index < -0.39 is 6.67 Å². The van der Waals surface area contributed by atoms with Crippen molar-refractivity contribution in [3.8, 4) is 0 Å². The molecule has 90 valence electrons. The average molecular weight is 253 g/mol. The van der Waals surface area contributed by atoms with Crippen LogP contribution in [-0.4, -0.2) is 21.7 Å². The molecule has 0 bridgehead atoms. The largest absolute Gasteiger partial charge is 0.278 e. The number of nitrogens with zero attached hydrogens (tertiary/aromatic N) is 3. The molecule has 2 aromatic rings. The zero-order valence-electron chi connectivity index (χ0n) is 9.28. The maximum atomic E-state index is 12.3. The molecule has 2 heterocycles. The van der Waals surface area contributed by atoms with Gasteiger partial charge < -0.3 is 0 Å². The summed E-state index contributed by atoms with van der Waals surface area (Å²) in [4.78, 5) is 14.1. The van der Waals surface area contributed by atoms with Gasteiger partial charge in [-0.1, -0.05) is 5.21 Å². The van der Waals surface area contributed by atoms with E-state index in [9.17, 15) is 9.18 Å². The van der Waals surface area contributed by atoms with Gasteiger partial charge in [-0.15, -0.1) is 16.4 Å². The summed E-state index contributed by atoms with van der Waals surface area (Å²) in [5.74, 6) is 0. The normalized spacial score (nSPS) is 15.1. The van der Waals surface area contributed by atoms with Crippen LogP contribution in [0.4, 0.5) is 4.39 Å². The zero-order valence-corrected chi connectivity index (χ0v) is 10.1. The van der Waals surface area contributed by atoms with Gasteiger partial charge in [0.2, 0.25) is 0 Å². The highest BCUT2D eigenvalue weighted by Crippen LogP contribution is 2.32. The molecule has 3 rings (SSSR count). The number of hydrogen-bond acceptors (Lipinski definition) is 4. The lowest BCUT2D eigenvalue weighted by atomic mass is 9.97. The van der Waals surface area contributed by atoms with E-state index in [0.29, 0.717) is 10.2 Å². The molecule has 6 heteroatoms. The second-order valence-corrected chi connectivity index (χ2v) is 5.28. The minimum atomic E-state index is -0.591. The van der Waals surface area contributed by atoms with Gasteiger partial charge in [0.05, 0.1) is 11.9 Å². The molecule has 0 N–H and O–H groups in total. The Morgan fingerprint density at radius 3 is 3.00 bits per heavy atom. The molecule has 0 spiro atoms. The summed E-state index contributed by atoms with van der Waals surface area (Å²) in [6, 6.07) is 0. The fourth-order valence-corrected chi connectivity index (χ4v) is 3.53. The number of fused-ring (bicyclic) bond motifs is 3. The first-order valence-electron chi connectivity index (χ1n) is 5.75. The fraction of sp³-hybridized carbons (Fsp3) is 0.545. The Kier molecular flexibility index (Phi) is 2.66. The number of rotatable bonds is 2. The number of aromatic nitrogens is 3. The van der Waals surface area contributed by atoms with Gasteiger partial charge in [0.15, 0.2) is 4.83 Å². The Labute approximate surface area is 101 Å². The lowest BCUT2D eigenvalue weighted by Crippen LogP contribution is -2.25. The molecule has 0 aliphatic heterocycles. The van der Waals surface area contributed by atoms with Gasteiger partial charge in [-0.25, -0.2) is 9.07 Å². The first-order chi connectivity index (χ1) is 8.31. The third-order valence-corrected chi connectivity index (χ3v) is 4.32. The quantitative estimate of drug-likeness (QED) is 0.818. The summed E-state index contributed by atoms with van der Waals surface area (Å²) in [5, 5.41) is 8.47. The molecule has 0 atom stereocenters. The van der Waals surface area contributed by atoms with Crippen molar-refractivity contribution in [2.75, 3.05) is 6.67 Å². The third kappa shape index (κ3) is 1.67. The molecule has 0 fully saturated rings. The molecule has 17 heavy (non-hydrogen) atoms. The standard InChI is InChI=1S/C11H12FN3OS/c12-5-6-15-11(16)9-7-3-1-2-4-8(7)17-10(9)13-14-15/h1-6H2. The molecular formula is C11H12FN3OS. The van der Waals surface area contributed by atoms with Crippen LogP contribution in [0.2, 0.25) is 0 Å². The summed E-state index contributed by atoms with van der Waals surface area (Å²) >= 11 is 1.56. The van der Waals surface area contributed by atoms with Gasteiger partial charge in [0.1, 0.15) is 6.67 Å². The second kappa shape index (κ2) is 4.18. The van der Waals surface area contributed by atoms with Crippen LogP contribution < -0.4 is 5.56 Å². The van der Waals surface area contributed by atoms with Gasteiger partial charge in [0.25, 0.3) is 5.56 Å². The van der Waals surface area contributed by atoms with Crippen LogP contribution in [0.25, 0.3) is 10.2 Å². The van der Waals surface area contributed by atoms with Crippen molar-refractivity contribution in [3.05, 3.63) is 20.8 Å². The van der Waals surface area contributed by atoms with E-state index in [2.05, 4.69) is 10.3 Å². The van der Waals surface area contributed by atoms with Gasteiger partial charge >= 0.3 is 0 Å². The van der Waals surface area contributed by atoms with Crippen molar-refractivity contribution < 1.29 is 4.39 Å². The van der Waals surface area contributed by atoms with Crippen molar-refractivity contribution in [1.29, 1.82) is 0 Å². The number of halogens is 1. The number of hydrogen-bond donors (Lipinski definition) is 0. The highest BCUT2D eigenvalue weighted by Gasteiger charge is 2.20. The van der Waals surface area contributed by atoms with Crippen LogP contribution in [-0.2, 0) is 19.4 Å². The van der Waals surface area contributed by atoms with Crippen LogP contribution >= 0.6 is 11.3 Å². The number of alkyl halides is 1. The summed E-state index contributed by atoms with van der Waals surface area (Å²) in [6.07, 6.45) is 4.25. The van der Waals surface area contributed by atoms with Crippen LogP contribution in [0.5, 0.6) is 0 Å². The summed E-state index contributed by atoms with van der Waals surface area (Å²) in [6.45, 7) is -0.598. The molecule has 1 aliphatic rings. The monoisotopic (exact) mass is 253 g/mol. The molecule has 2 aromatic heterocycles. The Balaban J connectivity index is 2.27. The fourth-order valence-electron chi connectivity index (χ4n) is 2.33. The summed E-state index contributed by atoms with van der Waals surface area (Å²) in [5.41, 5.74) is 0.941. The molecule has 0 saturated carbocycles. The van der Waals surface area contributed by atoms with E-state index in [1.807, 2.05) is 0 Å². The highest BCUT2D eigenvalue weighted by atomic mass is 32.1. The second-order valence-electron chi connectivity index (χ2n) is 4.20. The molecule has 0 radical (unpaired) electrons. The van der Waals surface area contributed by atoms with E-state index in [4.69, 9.17) is 0 Å². The molecular weight excluding hydrogens is 241 g/mol. The maximum absolute atomic E-state index is 12.3. The summed E-state index contributed by atoms with van der Waals surface area (Å²) in [7, 11) is 0.